The molecule has 1 saturated heterocycles. The Labute approximate surface area is 159 Å². The number of ether oxygens (including phenoxy) is 2. The van der Waals surface area contributed by atoms with Crippen molar-refractivity contribution < 1.29 is 22.7 Å². The van der Waals surface area contributed by atoms with Crippen LogP contribution in [0.2, 0.25) is 0 Å². The molecule has 144 valence electrons. The van der Waals surface area contributed by atoms with Gasteiger partial charge in [-0.2, -0.15) is 4.31 Å². The summed E-state index contributed by atoms with van der Waals surface area (Å²) in [5.74, 6) is 0.0714. The lowest BCUT2D eigenvalue weighted by molar-refractivity contribution is -0.162. The first kappa shape index (κ1) is 19.4. The standard InChI is InChI=1S/C20H23NO5S/c1-4-26-19(22)20(16-7-9-17(25-3)10-8-16)13-14-21(20)27(23,24)18-11-5-15(2)6-12-18/h5-12H,4,13-14H2,1-3H3/t20-/m1/s1. The number of rotatable bonds is 6. The summed E-state index contributed by atoms with van der Waals surface area (Å²) in [4.78, 5) is 13.0. The van der Waals surface area contributed by atoms with Crippen LogP contribution in [-0.4, -0.2) is 39.0 Å². The number of benzene rings is 2. The van der Waals surface area contributed by atoms with Crippen molar-refractivity contribution in [2.75, 3.05) is 20.3 Å². The van der Waals surface area contributed by atoms with Crippen molar-refractivity contribution in [3.05, 3.63) is 59.7 Å². The summed E-state index contributed by atoms with van der Waals surface area (Å²) in [5.41, 5.74) is 0.180. The van der Waals surface area contributed by atoms with E-state index in [1.54, 1.807) is 62.6 Å². The highest BCUT2D eigenvalue weighted by Gasteiger charge is 2.59. The van der Waals surface area contributed by atoms with Crippen molar-refractivity contribution in [1.29, 1.82) is 0 Å². The highest BCUT2D eigenvalue weighted by atomic mass is 32.2. The Balaban J connectivity index is 2.08. The predicted molar refractivity (Wildman–Crippen MR) is 101 cm³/mol. The van der Waals surface area contributed by atoms with Crippen LogP contribution in [0, 0.1) is 6.92 Å². The molecule has 7 heteroatoms. The summed E-state index contributed by atoms with van der Waals surface area (Å²) < 4.78 is 38.2. The van der Waals surface area contributed by atoms with E-state index in [0.717, 1.165) is 5.56 Å². The van der Waals surface area contributed by atoms with Gasteiger partial charge in [0.2, 0.25) is 10.0 Å². The van der Waals surface area contributed by atoms with Crippen molar-refractivity contribution >= 4 is 16.0 Å². The van der Waals surface area contributed by atoms with E-state index in [9.17, 15) is 13.2 Å². The van der Waals surface area contributed by atoms with Gasteiger partial charge in [-0.15, -0.1) is 0 Å². The Morgan fingerprint density at radius 1 is 1.11 bits per heavy atom. The number of carbonyl (C=O) groups is 1. The quantitative estimate of drug-likeness (QED) is 0.711. The monoisotopic (exact) mass is 389 g/mol. The van der Waals surface area contributed by atoms with E-state index in [-0.39, 0.29) is 18.0 Å². The SMILES string of the molecule is CCOC(=O)[C@]1(c2ccc(OC)cc2)CCN1S(=O)(=O)c1ccc(C)cc1. The smallest absolute Gasteiger partial charge is 0.332 e. The van der Waals surface area contributed by atoms with Gasteiger partial charge in [0.25, 0.3) is 0 Å². The van der Waals surface area contributed by atoms with E-state index in [1.807, 2.05) is 6.92 Å². The fourth-order valence-corrected chi connectivity index (χ4v) is 5.06. The number of esters is 1. The first-order valence-corrected chi connectivity index (χ1v) is 10.2. The molecule has 2 aromatic rings. The number of nitrogens with zero attached hydrogens (tertiary/aromatic N) is 1. The van der Waals surface area contributed by atoms with Gasteiger partial charge < -0.3 is 9.47 Å². The van der Waals surface area contributed by atoms with Gasteiger partial charge in [-0.25, -0.2) is 13.2 Å². The molecular weight excluding hydrogens is 366 g/mol. The van der Waals surface area contributed by atoms with Crippen LogP contribution < -0.4 is 4.74 Å². The topological polar surface area (TPSA) is 72.9 Å². The highest BCUT2D eigenvalue weighted by molar-refractivity contribution is 7.89. The second-order valence-corrected chi connectivity index (χ2v) is 8.31. The minimum Gasteiger partial charge on any atom is -0.497 e. The maximum Gasteiger partial charge on any atom is 0.332 e. The molecule has 0 amide bonds. The molecule has 0 N–H and O–H groups in total. The number of carbonyl (C=O) groups excluding carboxylic acids is 1. The molecule has 0 radical (unpaired) electrons. The van der Waals surface area contributed by atoms with E-state index < -0.39 is 21.5 Å². The zero-order valence-corrected chi connectivity index (χ0v) is 16.5. The fourth-order valence-electron chi connectivity index (χ4n) is 3.32. The zero-order valence-electron chi connectivity index (χ0n) is 15.6. The van der Waals surface area contributed by atoms with E-state index in [4.69, 9.17) is 9.47 Å². The lowest BCUT2D eigenvalue weighted by Gasteiger charge is -2.49. The Morgan fingerprint density at radius 2 is 1.74 bits per heavy atom. The summed E-state index contributed by atoms with van der Waals surface area (Å²) in [6.45, 7) is 4.02. The maximum atomic E-state index is 13.2. The van der Waals surface area contributed by atoms with E-state index in [2.05, 4.69) is 0 Å². The average molecular weight is 389 g/mol. The lowest BCUT2D eigenvalue weighted by atomic mass is 9.80. The summed E-state index contributed by atoms with van der Waals surface area (Å²) in [7, 11) is -2.30. The molecule has 1 aliphatic rings. The van der Waals surface area contributed by atoms with Crippen LogP contribution in [0.1, 0.15) is 24.5 Å². The van der Waals surface area contributed by atoms with Gasteiger partial charge in [0.1, 0.15) is 5.75 Å². The maximum absolute atomic E-state index is 13.2. The van der Waals surface area contributed by atoms with E-state index >= 15 is 0 Å². The molecule has 0 unspecified atom stereocenters. The zero-order chi connectivity index (χ0) is 19.7. The molecule has 0 spiro atoms. The number of aryl methyl sites for hydroxylation is 1. The molecule has 27 heavy (non-hydrogen) atoms. The number of hydrogen-bond acceptors (Lipinski definition) is 5. The van der Waals surface area contributed by atoms with Gasteiger partial charge in [-0.1, -0.05) is 29.8 Å². The Kier molecular flexibility index (Phi) is 5.26. The van der Waals surface area contributed by atoms with Crippen LogP contribution in [0.3, 0.4) is 0 Å². The van der Waals surface area contributed by atoms with Crippen LogP contribution in [0.5, 0.6) is 5.75 Å². The highest BCUT2D eigenvalue weighted by Crippen LogP contribution is 2.45. The average Bonchev–Trinajstić information content (AvgIpc) is 2.62. The largest absolute Gasteiger partial charge is 0.497 e. The molecule has 0 saturated carbocycles. The summed E-state index contributed by atoms with van der Waals surface area (Å²) >= 11 is 0. The van der Waals surface area contributed by atoms with E-state index in [1.165, 1.54) is 4.31 Å². The van der Waals surface area contributed by atoms with Gasteiger partial charge in [-0.3, -0.25) is 0 Å². The molecule has 1 aliphatic heterocycles. The van der Waals surface area contributed by atoms with Crippen molar-refractivity contribution in [1.82, 2.24) is 4.31 Å². The molecular formula is C20H23NO5S. The molecule has 2 aromatic carbocycles. The van der Waals surface area contributed by atoms with Gasteiger partial charge >= 0.3 is 5.97 Å². The number of hydrogen-bond donors (Lipinski definition) is 0. The minimum absolute atomic E-state index is 0.162. The Morgan fingerprint density at radius 3 is 2.22 bits per heavy atom. The van der Waals surface area contributed by atoms with Crippen molar-refractivity contribution in [2.24, 2.45) is 0 Å². The third-order valence-corrected chi connectivity index (χ3v) is 6.83. The van der Waals surface area contributed by atoms with E-state index in [0.29, 0.717) is 17.7 Å². The third kappa shape index (κ3) is 3.21. The first-order valence-electron chi connectivity index (χ1n) is 8.77. The van der Waals surface area contributed by atoms with Crippen LogP contribution in [0.4, 0.5) is 0 Å². The van der Waals surface area contributed by atoms with Crippen molar-refractivity contribution in [3.63, 3.8) is 0 Å². The molecule has 3 rings (SSSR count). The van der Waals surface area contributed by atoms with Gasteiger partial charge in [0.05, 0.1) is 18.6 Å². The molecule has 6 nitrogen and oxygen atoms in total. The first-order chi connectivity index (χ1) is 12.9. The minimum atomic E-state index is -3.85. The normalized spacial score (nSPS) is 20.0. The number of sulfonamides is 1. The Bertz CT molecular complexity index is 922. The van der Waals surface area contributed by atoms with Crippen molar-refractivity contribution in [3.8, 4) is 5.75 Å². The summed E-state index contributed by atoms with van der Waals surface area (Å²) in [5, 5.41) is 0. The second-order valence-electron chi connectivity index (χ2n) is 6.45. The van der Waals surface area contributed by atoms with Gasteiger partial charge in [0, 0.05) is 6.54 Å². The van der Waals surface area contributed by atoms with Crippen molar-refractivity contribution in [2.45, 2.75) is 30.7 Å². The molecule has 0 aliphatic carbocycles. The lowest BCUT2D eigenvalue weighted by Crippen LogP contribution is -2.64. The summed E-state index contributed by atoms with van der Waals surface area (Å²) in [6.07, 6.45) is 0.364. The van der Waals surface area contributed by atoms with Gasteiger partial charge in [-0.05, 0) is 50.1 Å². The molecule has 1 heterocycles. The van der Waals surface area contributed by atoms with Crippen LogP contribution in [-0.2, 0) is 25.1 Å². The molecule has 1 fully saturated rings. The van der Waals surface area contributed by atoms with Crippen LogP contribution >= 0.6 is 0 Å². The predicted octanol–water partition coefficient (Wildman–Crippen LogP) is 2.86. The second kappa shape index (κ2) is 7.32. The molecule has 1 atom stereocenters. The summed E-state index contributed by atoms with van der Waals surface area (Å²) in [6, 6.07) is 13.5. The molecule has 0 bridgehead atoms. The molecule has 0 aromatic heterocycles. The number of methoxy groups -OCH3 is 1. The third-order valence-electron chi connectivity index (χ3n) is 4.89. The fraction of sp³-hybridized carbons (Fsp3) is 0.350. The van der Waals surface area contributed by atoms with Crippen LogP contribution in [0.15, 0.2) is 53.4 Å². The van der Waals surface area contributed by atoms with Gasteiger partial charge in [0.15, 0.2) is 5.54 Å². The van der Waals surface area contributed by atoms with Crippen LogP contribution in [0.25, 0.3) is 0 Å². The Hall–Kier alpha value is -2.38.